The molecule has 5 nitrogen and oxygen atoms in total. The molecule has 5 heteroatoms. The SMILES string of the molecule is COCCOc1ccc(NC(=O)c2ccc(COC)cc2)cc1. The summed E-state index contributed by atoms with van der Waals surface area (Å²) in [7, 11) is 3.27. The molecule has 0 radical (unpaired) electrons. The van der Waals surface area contributed by atoms with Gasteiger partial charge in [0.15, 0.2) is 0 Å². The molecule has 23 heavy (non-hydrogen) atoms. The van der Waals surface area contributed by atoms with Crippen molar-refractivity contribution in [3.63, 3.8) is 0 Å². The molecule has 0 aliphatic rings. The molecule has 0 fully saturated rings. The zero-order chi connectivity index (χ0) is 16.5. The van der Waals surface area contributed by atoms with Crippen molar-refractivity contribution >= 4 is 11.6 Å². The van der Waals surface area contributed by atoms with Crippen molar-refractivity contribution in [3.8, 4) is 5.75 Å². The van der Waals surface area contributed by atoms with E-state index in [1.165, 1.54) is 0 Å². The van der Waals surface area contributed by atoms with Gasteiger partial charge in [0.1, 0.15) is 12.4 Å². The predicted molar refractivity (Wildman–Crippen MR) is 88.9 cm³/mol. The van der Waals surface area contributed by atoms with E-state index in [9.17, 15) is 4.79 Å². The number of hydrogen-bond donors (Lipinski definition) is 1. The average molecular weight is 315 g/mol. The molecule has 2 aromatic rings. The van der Waals surface area contributed by atoms with Crippen molar-refractivity contribution in [2.75, 3.05) is 32.8 Å². The van der Waals surface area contributed by atoms with E-state index in [1.807, 2.05) is 24.3 Å². The number of nitrogens with one attached hydrogen (secondary N) is 1. The van der Waals surface area contributed by atoms with Gasteiger partial charge in [-0.25, -0.2) is 0 Å². The van der Waals surface area contributed by atoms with Gasteiger partial charge in [0.05, 0.1) is 13.2 Å². The van der Waals surface area contributed by atoms with Crippen LogP contribution in [0.3, 0.4) is 0 Å². The van der Waals surface area contributed by atoms with Gasteiger partial charge in [0.2, 0.25) is 0 Å². The lowest BCUT2D eigenvalue weighted by Crippen LogP contribution is -2.12. The first kappa shape index (κ1) is 17.0. The molecule has 2 aromatic carbocycles. The van der Waals surface area contributed by atoms with Gasteiger partial charge in [-0.3, -0.25) is 4.79 Å². The number of hydrogen-bond acceptors (Lipinski definition) is 4. The summed E-state index contributed by atoms with van der Waals surface area (Å²) in [6, 6.07) is 14.6. The quantitative estimate of drug-likeness (QED) is 0.761. The Labute approximate surface area is 136 Å². The van der Waals surface area contributed by atoms with Crippen molar-refractivity contribution < 1.29 is 19.0 Å². The fraction of sp³-hybridized carbons (Fsp3) is 0.278. The highest BCUT2D eigenvalue weighted by Gasteiger charge is 2.06. The van der Waals surface area contributed by atoms with Gasteiger partial charge in [-0.1, -0.05) is 12.1 Å². The minimum Gasteiger partial charge on any atom is -0.491 e. The predicted octanol–water partition coefficient (Wildman–Crippen LogP) is 3.11. The van der Waals surface area contributed by atoms with E-state index in [0.717, 1.165) is 17.0 Å². The van der Waals surface area contributed by atoms with Crippen molar-refractivity contribution in [2.45, 2.75) is 6.61 Å². The summed E-state index contributed by atoms with van der Waals surface area (Å²) in [6.45, 7) is 1.57. The Bertz CT molecular complexity index is 608. The summed E-state index contributed by atoms with van der Waals surface area (Å²) >= 11 is 0. The Balaban J connectivity index is 1.91. The number of amides is 1. The van der Waals surface area contributed by atoms with Crippen LogP contribution in [0.1, 0.15) is 15.9 Å². The fourth-order valence-corrected chi connectivity index (χ4v) is 2.00. The second-order valence-electron chi connectivity index (χ2n) is 4.95. The van der Waals surface area contributed by atoms with Gasteiger partial charge in [0, 0.05) is 25.5 Å². The molecule has 0 aliphatic carbocycles. The van der Waals surface area contributed by atoms with Crippen LogP contribution < -0.4 is 10.1 Å². The third-order valence-corrected chi connectivity index (χ3v) is 3.20. The number of rotatable bonds is 8. The van der Waals surface area contributed by atoms with E-state index >= 15 is 0 Å². The summed E-state index contributed by atoms with van der Waals surface area (Å²) in [4.78, 5) is 12.2. The van der Waals surface area contributed by atoms with Crippen LogP contribution in [0.15, 0.2) is 48.5 Å². The molecule has 0 spiro atoms. The zero-order valence-electron chi connectivity index (χ0n) is 13.4. The molecule has 0 saturated heterocycles. The van der Waals surface area contributed by atoms with E-state index in [0.29, 0.717) is 25.4 Å². The molecule has 2 rings (SSSR count). The van der Waals surface area contributed by atoms with E-state index < -0.39 is 0 Å². The topological polar surface area (TPSA) is 56.8 Å². The van der Waals surface area contributed by atoms with Crippen molar-refractivity contribution in [2.24, 2.45) is 0 Å². The van der Waals surface area contributed by atoms with Gasteiger partial charge in [0.25, 0.3) is 5.91 Å². The second-order valence-corrected chi connectivity index (χ2v) is 4.95. The van der Waals surface area contributed by atoms with E-state index in [-0.39, 0.29) is 5.91 Å². The lowest BCUT2D eigenvalue weighted by molar-refractivity contribution is 0.102. The second kappa shape index (κ2) is 8.92. The van der Waals surface area contributed by atoms with E-state index in [4.69, 9.17) is 14.2 Å². The number of carbonyl (C=O) groups excluding carboxylic acids is 1. The largest absolute Gasteiger partial charge is 0.491 e. The number of ether oxygens (including phenoxy) is 3. The lowest BCUT2D eigenvalue weighted by Gasteiger charge is -2.08. The van der Waals surface area contributed by atoms with Crippen LogP contribution in [0.25, 0.3) is 0 Å². The van der Waals surface area contributed by atoms with Crippen LogP contribution in [-0.2, 0) is 16.1 Å². The Morgan fingerprint density at radius 2 is 1.61 bits per heavy atom. The summed E-state index contributed by atoms with van der Waals surface area (Å²) in [5.74, 6) is 0.589. The number of anilines is 1. The zero-order valence-corrected chi connectivity index (χ0v) is 13.4. The highest BCUT2D eigenvalue weighted by Crippen LogP contribution is 2.16. The fourth-order valence-electron chi connectivity index (χ4n) is 2.00. The molecule has 0 aromatic heterocycles. The maximum atomic E-state index is 12.2. The summed E-state index contributed by atoms with van der Waals surface area (Å²) < 4.78 is 15.5. The van der Waals surface area contributed by atoms with Crippen LogP contribution in [0.4, 0.5) is 5.69 Å². The van der Waals surface area contributed by atoms with Gasteiger partial charge in [-0.05, 0) is 42.0 Å². The Kier molecular flexibility index (Phi) is 6.59. The molecule has 0 atom stereocenters. The average Bonchev–Trinajstić information content (AvgIpc) is 2.57. The minimum atomic E-state index is -0.151. The molecule has 0 aliphatic heterocycles. The van der Waals surface area contributed by atoms with Crippen LogP contribution >= 0.6 is 0 Å². The first-order chi connectivity index (χ1) is 11.2. The van der Waals surface area contributed by atoms with Crippen LogP contribution in [-0.4, -0.2) is 33.3 Å². The minimum absolute atomic E-state index is 0.151. The number of carbonyl (C=O) groups is 1. The van der Waals surface area contributed by atoms with Crippen LogP contribution in [0.5, 0.6) is 5.75 Å². The molecule has 1 N–H and O–H groups in total. The Hall–Kier alpha value is -2.37. The van der Waals surface area contributed by atoms with Crippen molar-refractivity contribution in [1.29, 1.82) is 0 Å². The smallest absolute Gasteiger partial charge is 0.255 e. The molecule has 0 saturated carbocycles. The Morgan fingerprint density at radius 1 is 0.913 bits per heavy atom. The summed E-state index contributed by atoms with van der Waals surface area (Å²) in [5, 5.41) is 2.85. The molecule has 1 amide bonds. The molecule has 122 valence electrons. The van der Waals surface area contributed by atoms with Crippen LogP contribution in [0.2, 0.25) is 0 Å². The lowest BCUT2D eigenvalue weighted by atomic mass is 10.1. The van der Waals surface area contributed by atoms with Crippen LogP contribution in [0, 0.1) is 0 Å². The van der Waals surface area contributed by atoms with Gasteiger partial charge in [-0.2, -0.15) is 0 Å². The first-order valence-corrected chi connectivity index (χ1v) is 7.34. The third-order valence-electron chi connectivity index (χ3n) is 3.20. The molecule has 0 bridgehead atoms. The van der Waals surface area contributed by atoms with Gasteiger partial charge < -0.3 is 19.5 Å². The van der Waals surface area contributed by atoms with Crippen molar-refractivity contribution in [3.05, 3.63) is 59.7 Å². The maximum absolute atomic E-state index is 12.2. The van der Waals surface area contributed by atoms with E-state index in [1.54, 1.807) is 38.5 Å². The first-order valence-electron chi connectivity index (χ1n) is 7.34. The number of benzene rings is 2. The molecule has 0 heterocycles. The maximum Gasteiger partial charge on any atom is 0.255 e. The monoisotopic (exact) mass is 315 g/mol. The van der Waals surface area contributed by atoms with Gasteiger partial charge >= 0.3 is 0 Å². The standard InChI is InChI=1S/C18H21NO4/c1-21-11-12-23-17-9-7-16(8-10-17)19-18(20)15-5-3-14(4-6-15)13-22-2/h3-10H,11-13H2,1-2H3,(H,19,20). The highest BCUT2D eigenvalue weighted by molar-refractivity contribution is 6.04. The normalized spacial score (nSPS) is 10.3. The Morgan fingerprint density at radius 3 is 2.22 bits per heavy atom. The number of methoxy groups -OCH3 is 2. The summed E-state index contributed by atoms with van der Waals surface area (Å²) in [5.41, 5.74) is 2.35. The summed E-state index contributed by atoms with van der Waals surface area (Å²) in [6.07, 6.45) is 0. The van der Waals surface area contributed by atoms with Crippen molar-refractivity contribution in [1.82, 2.24) is 0 Å². The molecule has 0 unspecified atom stereocenters. The molecular formula is C18H21NO4. The van der Waals surface area contributed by atoms with E-state index in [2.05, 4.69) is 5.32 Å². The highest BCUT2D eigenvalue weighted by atomic mass is 16.5. The van der Waals surface area contributed by atoms with Gasteiger partial charge in [-0.15, -0.1) is 0 Å². The third kappa shape index (κ3) is 5.39. The molecular weight excluding hydrogens is 294 g/mol.